The Hall–Kier alpha value is -2.99. The Balaban J connectivity index is 1.81. The van der Waals surface area contributed by atoms with Crippen LogP contribution in [-0.2, 0) is 10.1 Å². The molecule has 13 heteroatoms. The minimum Gasteiger partial charge on any atom is -0.378 e. The van der Waals surface area contributed by atoms with Crippen molar-refractivity contribution in [3.05, 3.63) is 96.4 Å². The maximum atomic E-state index is 12.6. The van der Waals surface area contributed by atoms with Crippen LogP contribution in [0.3, 0.4) is 0 Å². The number of carbonyl (C=O) groups is 1. The van der Waals surface area contributed by atoms with Gasteiger partial charge < -0.3 is 4.18 Å². The molecule has 0 aliphatic rings. The van der Waals surface area contributed by atoms with Crippen LogP contribution in [0.1, 0.15) is 15.9 Å². The smallest absolute Gasteiger partial charge is 0.339 e. The fraction of sp³-hybridized carbons (Fsp3) is 0. The number of non-ortho nitro benzene ring substituents is 1. The highest BCUT2D eigenvalue weighted by atomic mass is 79.9. The minimum absolute atomic E-state index is 0.0842. The van der Waals surface area contributed by atoms with Crippen LogP contribution < -0.4 is 9.61 Å². The molecular weight excluding hydrogens is 561 g/mol. The van der Waals surface area contributed by atoms with Crippen LogP contribution in [-0.4, -0.2) is 25.5 Å². The van der Waals surface area contributed by atoms with Crippen LogP contribution >= 0.6 is 39.1 Å². The Kier molecular flexibility index (Phi) is 7.69. The van der Waals surface area contributed by atoms with Crippen molar-refractivity contribution < 1.29 is 22.3 Å². The summed E-state index contributed by atoms with van der Waals surface area (Å²) in [5.41, 5.74) is 2.39. The molecule has 0 radical (unpaired) electrons. The highest BCUT2D eigenvalue weighted by Gasteiger charge is 2.20. The molecule has 170 valence electrons. The predicted molar refractivity (Wildman–Crippen MR) is 127 cm³/mol. The number of carbonyl (C=O) groups excluding carboxylic acids is 1. The lowest BCUT2D eigenvalue weighted by Crippen LogP contribution is -2.18. The number of nitrogens with one attached hydrogen (secondary N) is 1. The number of rotatable bonds is 7. The van der Waals surface area contributed by atoms with Gasteiger partial charge in [0.1, 0.15) is 4.90 Å². The lowest BCUT2D eigenvalue weighted by Gasteiger charge is -2.10. The van der Waals surface area contributed by atoms with Gasteiger partial charge in [-0.2, -0.15) is 13.5 Å². The number of hydrogen-bond donors (Lipinski definition) is 1. The van der Waals surface area contributed by atoms with E-state index in [4.69, 9.17) is 27.4 Å². The second-order valence-corrected chi connectivity index (χ2v) is 9.60. The fourth-order valence-electron chi connectivity index (χ4n) is 2.49. The molecule has 3 rings (SSSR count). The molecule has 1 amide bonds. The van der Waals surface area contributed by atoms with E-state index >= 15 is 0 Å². The van der Waals surface area contributed by atoms with E-state index in [9.17, 15) is 23.3 Å². The van der Waals surface area contributed by atoms with Crippen molar-refractivity contribution in [3.63, 3.8) is 0 Å². The number of benzene rings is 3. The Morgan fingerprint density at radius 2 is 1.79 bits per heavy atom. The second kappa shape index (κ2) is 10.3. The number of nitro benzene ring substituents is 1. The molecule has 0 aliphatic carbocycles. The molecule has 0 aliphatic heterocycles. The summed E-state index contributed by atoms with van der Waals surface area (Å²) in [6.45, 7) is 0. The summed E-state index contributed by atoms with van der Waals surface area (Å²) < 4.78 is 31.0. The highest BCUT2D eigenvalue weighted by Crippen LogP contribution is 2.26. The molecular formula is C20H12BrCl2N3O6S. The first-order valence-electron chi connectivity index (χ1n) is 8.84. The van der Waals surface area contributed by atoms with E-state index in [1.54, 1.807) is 6.07 Å². The average molecular weight is 573 g/mol. The van der Waals surface area contributed by atoms with Crippen LogP contribution in [0, 0.1) is 10.1 Å². The van der Waals surface area contributed by atoms with Crippen LogP contribution in [0.15, 0.2) is 75.1 Å². The van der Waals surface area contributed by atoms with Crippen molar-refractivity contribution in [2.24, 2.45) is 5.10 Å². The summed E-state index contributed by atoms with van der Waals surface area (Å²) in [6, 6.07) is 13.0. The van der Waals surface area contributed by atoms with Crippen LogP contribution in [0.5, 0.6) is 5.75 Å². The normalized spacial score (nSPS) is 11.4. The van der Waals surface area contributed by atoms with Gasteiger partial charge >= 0.3 is 10.1 Å². The van der Waals surface area contributed by atoms with Crippen molar-refractivity contribution in [2.75, 3.05) is 0 Å². The van der Waals surface area contributed by atoms with E-state index in [2.05, 4.69) is 26.5 Å². The molecule has 3 aromatic rings. The second-order valence-electron chi connectivity index (χ2n) is 6.29. The third-order valence-corrected chi connectivity index (χ3v) is 6.34. The Morgan fingerprint density at radius 3 is 2.42 bits per heavy atom. The quantitative estimate of drug-likeness (QED) is 0.179. The molecule has 0 heterocycles. The monoisotopic (exact) mass is 571 g/mol. The molecule has 0 aromatic heterocycles. The van der Waals surface area contributed by atoms with Gasteiger partial charge in [0.15, 0.2) is 5.75 Å². The first kappa shape index (κ1) is 24.6. The van der Waals surface area contributed by atoms with Crippen molar-refractivity contribution >= 4 is 67.1 Å². The van der Waals surface area contributed by atoms with E-state index in [0.29, 0.717) is 9.50 Å². The molecule has 3 aromatic carbocycles. The zero-order chi connectivity index (χ0) is 24.2. The van der Waals surface area contributed by atoms with Gasteiger partial charge in [-0.05, 0) is 48.5 Å². The first-order chi connectivity index (χ1) is 15.6. The third-order valence-electron chi connectivity index (χ3n) is 4.05. The van der Waals surface area contributed by atoms with E-state index in [-0.39, 0.29) is 32.5 Å². The van der Waals surface area contributed by atoms with Gasteiger partial charge in [0.05, 0.1) is 21.7 Å². The van der Waals surface area contributed by atoms with Gasteiger partial charge in [0.25, 0.3) is 11.6 Å². The summed E-state index contributed by atoms with van der Waals surface area (Å²) in [7, 11) is -4.30. The Morgan fingerprint density at radius 1 is 1.09 bits per heavy atom. The molecule has 0 saturated heterocycles. The molecule has 0 fully saturated rings. The maximum Gasteiger partial charge on any atom is 0.339 e. The topological polar surface area (TPSA) is 128 Å². The van der Waals surface area contributed by atoms with Crippen LogP contribution in [0.4, 0.5) is 5.69 Å². The van der Waals surface area contributed by atoms with Crippen LogP contribution in [0.25, 0.3) is 0 Å². The minimum atomic E-state index is -4.30. The molecule has 0 unspecified atom stereocenters. The number of halogens is 3. The fourth-order valence-corrected chi connectivity index (χ4v) is 4.32. The molecule has 0 bridgehead atoms. The van der Waals surface area contributed by atoms with Gasteiger partial charge in [0, 0.05) is 27.2 Å². The zero-order valence-electron chi connectivity index (χ0n) is 16.2. The number of amides is 1. The Labute approximate surface area is 206 Å². The summed E-state index contributed by atoms with van der Waals surface area (Å²) >= 11 is 15.1. The first-order valence-corrected chi connectivity index (χ1v) is 11.8. The van der Waals surface area contributed by atoms with E-state index < -0.39 is 20.9 Å². The molecule has 0 atom stereocenters. The largest absolute Gasteiger partial charge is 0.378 e. The third kappa shape index (κ3) is 6.29. The van der Waals surface area contributed by atoms with Gasteiger partial charge in [-0.3, -0.25) is 14.9 Å². The lowest BCUT2D eigenvalue weighted by atomic mass is 10.2. The van der Waals surface area contributed by atoms with Crippen molar-refractivity contribution in [2.45, 2.75) is 4.90 Å². The van der Waals surface area contributed by atoms with E-state index in [1.807, 2.05) is 0 Å². The molecule has 1 N–H and O–H groups in total. The van der Waals surface area contributed by atoms with Gasteiger partial charge in [-0.25, -0.2) is 5.43 Å². The predicted octanol–water partition coefficient (Wildman–Crippen LogP) is 5.20. The molecule has 33 heavy (non-hydrogen) atoms. The SMILES string of the molecule is O=C(N/N=C\c1cc(Br)ccc1OS(=O)(=O)c1ccc([N+](=O)[O-])cc1)c1ccc(Cl)cc1Cl. The number of hydrazone groups is 1. The summed E-state index contributed by atoms with van der Waals surface area (Å²) in [5, 5.41) is 15.1. The van der Waals surface area contributed by atoms with Gasteiger partial charge in [0.2, 0.25) is 0 Å². The van der Waals surface area contributed by atoms with Gasteiger partial charge in [-0.15, -0.1) is 0 Å². The van der Waals surface area contributed by atoms with Crippen molar-refractivity contribution in [3.8, 4) is 5.75 Å². The number of nitrogens with zero attached hydrogens (tertiary/aromatic N) is 2. The van der Waals surface area contributed by atoms with E-state index in [1.165, 1.54) is 36.5 Å². The zero-order valence-corrected chi connectivity index (χ0v) is 20.2. The van der Waals surface area contributed by atoms with Crippen molar-refractivity contribution in [1.82, 2.24) is 5.43 Å². The highest BCUT2D eigenvalue weighted by molar-refractivity contribution is 9.10. The van der Waals surface area contributed by atoms with E-state index in [0.717, 1.165) is 24.3 Å². The Bertz CT molecular complexity index is 1360. The maximum absolute atomic E-state index is 12.6. The summed E-state index contributed by atoms with van der Waals surface area (Å²) in [6.07, 6.45) is 1.19. The average Bonchev–Trinajstić information content (AvgIpc) is 2.75. The van der Waals surface area contributed by atoms with Crippen LogP contribution in [0.2, 0.25) is 10.0 Å². The molecule has 0 spiro atoms. The summed E-state index contributed by atoms with van der Waals surface area (Å²) in [4.78, 5) is 22.1. The number of hydrogen-bond acceptors (Lipinski definition) is 7. The molecule has 0 saturated carbocycles. The standard InChI is InChI=1S/C20H12BrCl2N3O6S/c21-13-1-8-19(32-33(30,31)16-5-3-15(4-6-16)26(28)29)12(9-13)11-24-25-20(27)17-7-2-14(22)10-18(17)23/h1-11H,(H,25,27)/b24-11-. The molecule has 9 nitrogen and oxygen atoms in total. The number of nitro groups is 1. The summed E-state index contributed by atoms with van der Waals surface area (Å²) in [5.74, 6) is -0.692. The lowest BCUT2D eigenvalue weighted by molar-refractivity contribution is -0.384. The van der Waals surface area contributed by atoms with Gasteiger partial charge in [-0.1, -0.05) is 39.1 Å². The van der Waals surface area contributed by atoms with Crippen molar-refractivity contribution in [1.29, 1.82) is 0 Å².